The van der Waals surface area contributed by atoms with E-state index in [4.69, 9.17) is 9.84 Å². The van der Waals surface area contributed by atoms with E-state index in [9.17, 15) is 9.59 Å². The van der Waals surface area contributed by atoms with Gasteiger partial charge in [0.2, 0.25) is 5.91 Å². The molecule has 5 nitrogen and oxygen atoms in total. The first-order valence-electron chi connectivity index (χ1n) is 7.80. The van der Waals surface area contributed by atoms with Crippen LogP contribution in [0.15, 0.2) is 48.5 Å². The number of rotatable bonds is 6. The molecule has 2 aromatic rings. The van der Waals surface area contributed by atoms with Gasteiger partial charge in [0.1, 0.15) is 11.2 Å². The molecule has 2 N–H and O–H groups in total. The SMILES string of the molecule is COc1cccc(-c2ccc(CNC(=O)C3(C(=O)O)CC3)cc2)c1. The minimum Gasteiger partial charge on any atom is -0.497 e. The van der Waals surface area contributed by atoms with Gasteiger partial charge < -0.3 is 15.2 Å². The van der Waals surface area contributed by atoms with Crippen molar-refractivity contribution in [2.45, 2.75) is 19.4 Å². The molecule has 2 aromatic carbocycles. The van der Waals surface area contributed by atoms with Gasteiger partial charge in [-0.25, -0.2) is 0 Å². The second-order valence-electron chi connectivity index (χ2n) is 6.00. The summed E-state index contributed by atoms with van der Waals surface area (Å²) in [6, 6.07) is 15.6. The highest BCUT2D eigenvalue weighted by Gasteiger charge is 2.56. The summed E-state index contributed by atoms with van der Waals surface area (Å²) in [7, 11) is 1.63. The van der Waals surface area contributed by atoms with Gasteiger partial charge in [-0.2, -0.15) is 0 Å². The Hall–Kier alpha value is -2.82. The number of hydrogen-bond donors (Lipinski definition) is 2. The molecule has 0 atom stereocenters. The number of amides is 1. The van der Waals surface area contributed by atoms with Crippen LogP contribution >= 0.6 is 0 Å². The third kappa shape index (κ3) is 3.11. The maximum atomic E-state index is 12.0. The molecule has 3 rings (SSSR count). The molecule has 1 aliphatic carbocycles. The number of ether oxygens (including phenoxy) is 1. The zero-order chi connectivity index (χ0) is 17.2. The molecule has 1 saturated carbocycles. The van der Waals surface area contributed by atoms with Crippen LogP contribution in [0.5, 0.6) is 5.75 Å². The topological polar surface area (TPSA) is 75.6 Å². The second-order valence-corrected chi connectivity index (χ2v) is 6.00. The normalized spacial score (nSPS) is 14.7. The lowest BCUT2D eigenvalue weighted by Gasteiger charge is -2.11. The van der Waals surface area contributed by atoms with Crippen LogP contribution in [-0.4, -0.2) is 24.1 Å². The Morgan fingerprint density at radius 1 is 1.12 bits per heavy atom. The van der Waals surface area contributed by atoms with Gasteiger partial charge in [-0.3, -0.25) is 9.59 Å². The van der Waals surface area contributed by atoms with Crippen LogP contribution in [0.1, 0.15) is 18.4 Å². The Morgan fingerprint density at radius 2 is 1.83 bits per heavy atom. The van der Waals surface area contributed by atoms with Crippen LogP contribution in [0.25, 0.3) is 11.1 Å². The molecule has 5 heteroatoms. The summed E-state index contributed by atoms with van der Waals surface area (Å²) in [5.41, 5.74) is 1.83. The molecule has 1 aliphatic rings. The minimum absolute atomic E-state index is 0.326. The number of carboxylic acids is 1. The maximum Gasteiger partial charge on any atom is 0.319 e. The van der Waals surface area contributed by atoms with Crippen molar-refractivity contribution in [2.24, 2.45) is 5.41 Å². The van der Waals surface area contributed by atoms with Crippen LogP contribution in [0, 0.1) is 5.41 Å². The van der Waals surface area contributed by atoms with E-state index in [0.717, 1.165) is 22.4 Å². The van der Waals surface area contributed by atoms with E-state index in [0.29, 0.717) is 19.4 Å². The Bertz CT molecular complexity index is 763. The predicted octanol–water partition coefficient (Wildman–Crippen LogP) is 2.84. The first kappa shape index (κ1) is 16.1. The van der Waals surface area contributed by atoms with E-state index in [1.54, 1.807) is 7.11 Å². The fourth-order valence-corrected chi connectivity index (χ4v) is 2.63. The monoisotopic (exact) mass is 325 g/mol. The summed E-state index contributed by atoms with van der Waals surface area (Å²) in [5.74, 6) is -0.632. The first-order chi connectivity index (χ1) is 11.5. The third-order valence-electron chi connectivity index (χ3n) is 4.40. The molecule has 124 valence electrons. The fraction of sp³-hybridized carbons (Fsp3) is 0.263. The van der Waals surface area contributed by atoms with Crippen molar-refractivity contribution in [2.75, 3.05) is 7.11 Å². The standard InChI is InChI=1S/C19H19NO4/c1-24-16-4-2-3-15(11-16)14-7-5-13(6-8-14)12-20-17(21)19(9-10-19)18(22)23/h2-8,11H,9-10,12H2,1H3,(H,20,21)(H,22,23). The molecule has 0 unspecified atom stereocenters. The molecule has 0 saturated heterocycles. The number of aliphatic carboxylic acids is 1. The Morgan fingerprint density at radius 3 is 2.42 bits per heavy atom. The average molecular weight is 325 g/mol. The lowest BCUT2D eigenvalue weighted by molar-refractivity contribution is -0.149. The van der Waals surface area contributed by atoms with Crippen molar-refractivity contribution in [3.63, 3.8) is 0 Å². The molecule has 0 aromatic heterocycles. The number of hydrogen-bond acceptors (Lipinski definition) is 3. The molecule has 0 radical (unpaired) electrons. The summed E-state index contributed by atoms with van der Waals surface area (Å²) in [4.78, 5) is 23.1. The number of carboxylic acid groups (broad SMARTS) is 1. The number of carbonyl (C=O) groups excluding carboxylic acids is 1. The Kier molecular flexibility index (Phi) is 4.25. The zero-order valence-electron chi connectivity index (χ0n) is 13.4. The summed E-state index contributed by atoms with van der Waals surface area (Å²) in [6.45, 7) is 0.326. The van der Waals surface area contributed by atoms with Gasteiger partial charge >= 0.3 is 5.97 Å². The largest absolute Gasteiger partial charge is 0.497 e. The van der Waals surface area contributed by atoms with E-state index in [1.807, 2.05) is 48.5 Å². The van der Waals surface area contributed by atoms with Crippen LogP contribution in [0.4, 0.5) is 0 Å². The lowest BCUT2D eigenvalue weighted by atomic mass is 10.0. The number of carbonyl (C=O) groups is 2. The molecular formula is C19H19NO4. The summed E-state index contributed by atoms with van der Waals surface area (Å²) < 4.78 is 5.23. The van der Waals surface area contributed by atoms with Crippen molar-refractivity contribution in [3.05, 3.63) is 54.1 Å². The van der Waals surface area contributed by atoms with Crippen LogP contribution in [0.3, 0.4) is 0 Å². The van der Waals surface area contributed by atoms with Crippen molar-refractivity contribution >= 4 is 11.9 Å². The van der Waals surface area contributed by atoms with Crippen LogP contribution in [-0.2, 0) is 16.1 Å². The number of benzene rings is 2. The number of methoxy groups -OCH3 is 1. The molecular weight excluding hydrogens is 306 g/mol. The first-order valence-corrected chi connectivity index (χ1v) is 7.80. The smallest absolute Gasteiger partial charge is 0.319 e. The van der Waals surface area contributed by atoms with Gasteiger partial charge in [-0.1, -0.05) is 36.4 Å². The van der Waals surface area contributed by atoms with E-state index >= 15 is 0 Å². The molecule has 1 amide bonds. The van der Waals surface area contributed by atoms with E-state index in [1.165, 1.54) is 0 Å². The fourth-order valence-electron chi connectivity index (χ4n) is 2.63. The summed E-state index contributed by atoms with van der Waals surface area (Å²) in [6.07, 6.45) is 0.839. The second kappa shape index (κ2) is 6.35. The van der Waals surface area contributed by atoms with E-state index in [-0.39, 0.29) is 0 Å². The van der Waals surface area contributed by atoms with Gasteiger partial charge in [-0.15, -0.1) is 0 Å². The zero-order valence-corrected chi connectivity index (χ0v) is 13.4. The van der Waals surface area contributed by atoms with E-state index in [2.05, 4.69) is 5.32 Å². The van der Waals surface area contributed by atoms with Gasteiger partial charge in [0.05, 0.1) is 7.11 Å². The highest BCUT2D eigenvalue weighted by atomic mass is 16.5. The van der Waals surface area contributed by atoms with Gasteiger partial charge in [0.25, 0.3) is 0 Å². The molecule has 0 heterocycles. The average Bonchev–Trinajstić information content (AvgIpc) is 3.42. The Balaban J connectivity index is 1.64. The van der Waals surface area contributed by atoms with Crippen molar-refractivity contribution < 1.29 is 19.4 Å². The summed E-state index contributed by atoms with van der Waals surface area (Å²) >= 11 is 0. The van der Waals surface area contributed by atoms with Crippen molar-refractivity contribution in [1.82, 2.24) is 5.32 Å². The van der Waals surface area contributed by atoms with Crippen molar-refractivity contribution in [3.8, 4) is 16.9 Å². The van der Waals surface area contributed by atoms with Crippen LogP contribution in [0.2, 0.25) is 0 Å². The van der Waals surface area contributed by atoms with E-state index < -0.39 is 17.3 Å². The van der Waals surface area contributed by atoms with Gasteiger partial charge in [-0.05, 0) is 41.7 Å². The third-order valence-corrected chi connectivity index (χ3v) is 4.40. The molecule has 0 spiro atoms. The van der Waals surface area contributed by atoms with Crippen LogP contribution < -0.4 is 10.1 Å². The molecule has 1 fully saturated rings. The minimum atomic E-state index is -1.19. The lowest BCUT2D eigenvalue weighted by Crippen LogP contribution is -2.36. The van der Waals surface area contributed by atoms with Crippen molar-refractivity contribution in [1.29, 1.82) is 0 Å². The molecule has 0 bridgehead atoms. The number of nitrogens with one attached hydrogen (secondary N) is 1. The van der Waals surface area contributed by atoms with Gasteiger partial charge in [0, 0.05) is 6.54 Å². The molecule has 24 heavy (non-hydrogen) atoms. The quantitative estimate of drug-likeness (QED) is 0.801. The van der Waals surface area contributed by atoms with Gasteiger partial charge in [0.15, 0.2) is 0 Å². The molecule has 0 aliphatic heterocycles. The maximum absolute atomic E-state index is 12.0. The highest BCUT2D eigenvalue weighted by molar-refractivity contribution is 6.04. The summed E-state index contributed by atoms with van der Waals surface area (Å²) in [5, 5.41) is 11.8. The predicted molar refractivity (Wildman–Crippen MR) is 89.6 cm³/mol. The highest BCUT2D eigenvalue weighted by Crippen LogP contribution is 2.46. The Labute approximate surface area is 140 Å².